The van der Waals surface area contributed by atoms with Gasteiger partial charge in [0.15, 0.2) is 0 Å². The van der Waals surface area contributed by atoms with Crippen molar-refractivity contribution < 1.29 is 4.74 Å². The van der Waals surface area contributed by atoms with Crippen molar-refractivity contribution in [2.24, 2.45) is 5.73 Å². The Morgan fingerprint density at radius 1 is 1.05 bits per heavy atom. The summed E-state index contributed by atoms with van der Waals surface area (Å²) in [5, 5.41) is 0. The molecule has 1 unspecified atom stereocenters. The van der Waals surface area contributed by atoms with E-state index in [1.165, 1.54) is 22.3 Å². The minimum Gasteiger partial charge on any atom is -0.493 e. The van der Waals surface area contributed by atoms with E-state index >= 15 is 0 Å². The van der Waals surface area contributed by atoms with Crippen molar-refractivity contribution in [3.05, 3.63) is 64.7 Å². The lowest BCUT2D eigenvalue weighted by molar-refractivity contribution is 0.275. The first-order valence-corrected chi connectivity index (χ1v) is 7.40. The van der Waals surface area contributed by atoms with Gasteiger partial charge < -0.3 is 10.5 Å². The van der Waals surface area contributed by atoms with Crippen molar-refractivity contribution in [3.63, 3.8) is 0 Å². The van der Waals surface area contributed by atoms with Crippen LogP contribution < -0.4 is 10.5 Å². The lowest BCUT2D eigenvalue weighted by atomic mass is 9.78. The smallest absolute Gasteiger partial charge is 0.119 e. The molecule has 0 spiro atoms. The van der Waals surface area contributed by atoms with Gasteiger partial charge in [-0.25, -0.2) is 0 Å². The highest BCUT2D eigenvalue weighted by molar-refractivity contribution is 5.42. The number of benzene rings is 2. The van der Waals surface area contributed by atoms with Crippen LogP contribution in [-0.4, -0.2) is 6.61 Å². The normalized spacial score (nSPS) is 22.9. The number of hydrogen-bond acceptors (Lipinski definition) is 2. The quantitative estimate of drug-likeness (QED) is 0.923. The highest BCUT2D eigenvalue weighted by atomic mass is 16.5. The predicted molar refractivity (Wildman–Crippen MR) is 80.1 cm³/mol. The molecule has 2 aliphatic rings. The maximum Gasteiger partial charge on any atom is 0.119 e. The molecular formula is C18H19NO. The van der Waals surface area contributed by atoms with Crippen molar-refractivity contribution in [3.8, 4) is 5.75 Å². The summed E-state index contributed by atoms with van der Waals surface area (Å²) < 4.78 is 5.99. The van der Waals surface area contributed by atoms with Crippen LogP contribution in [0.4, 0.5) is 0 Å². The first kappa shape index (κ1) is 12.0. The maximum absolute atomic E-state index is 6.06. The zero-order chi connectivity index (χ0) is 13.5. The standard InChI is InChI=1S/C18H19NO/c19-18-8-5-13-10-15(6-7-17(13)18)20-11-14-9-12-3-1-2-4-16(12)14/h1-4,6-7,10,14,18H,5,8-9,11,19H2/t14?,18-/m0/s1. The fraction of sp³-hybridized carbons (Fsp3) is 0.333. The van der Waals surface area contributed by atoms with E-state index in [4.69, 9.17) is 10.5 Å². The molecule has 0 heterocycles. The number of rotatable bonds is 3. The van der Waals surface area contributed by atoms with Gasteiger partial charge in [-0.2, -0.15) is 0 Å². The van der Waals surface area contributed by atoms with Crippen molar-refractivity contribution in [1.82, 2.24) is 0 Å². The van der Waals surface area contributed by atoms with Crippen LogP contribution in [0.2, 0.25) is 0 Å². The zero-order valence-electron chi connectivity index (χ0n) is 11.5. The van der Waals surface area contributed by atoms with Gasteiger partial charge in [-0.3, -0.25) is 0 Å². The third-order valence-corrected chi connectivity index (χ3v) is 4.65. The summed E-state index contributed by atoms with van der Waals surface area (Å²) in [5.41, 5.74) is 11.7. The van der Waals surface area contributed by atoms with Crippen LogP contribution in [0.5, 0.6) is 5.75 Å². The number of ether oxygens (including phenoxy) is 1. The second-order valence-electron chi connectivity index (χ2n) is 5.92. The minimum absolute atomic E-state index is 0.220. The van der Waals surface area contributed by atoms with Crippen LogP contribution in [0.25, 0.3) is 0 Å². The molecule has 2 atom stereocenters. The molecule has 102 valence electrons. The van der Waals surface area contributed by atoms with Gasteiger partial charge in [0.2, 0.25) is 0 Å². The largest absolute Gasteiger partial charge is 0.493 e. The second-order valence-corrected chi connectivity index (χ2v) is 5.92. The zero-order valence-corrected chi connectivity index (χ0v) is 11.5. The summed E-state index contributed by atoms with van der Waals surface area (Å²) in [6.45, 7) is 0.780. The van der Waals surface area contributed by atoms with Crippen LogP contribution in [0, 0.1) is 0 Å². The summed E-state index contributed by atoms with van der Waals surface area (Å²) in [6.07, 6.45) is 3.29. The van der Waals surface area contributed by atoms with E-state index in [0.29, 0.717) is 5.92 Å². The average Bonchev–Trinajstić information content (AvgIpc) is 2.81. The van der Waals surface area contributed by atoms with Crippen LogP contribution in [0.1, 0.15) is 40.6 Å². The van der Waals surface area contributed by atoms with Crippen molar-refractivity contribution in [1.29, 1.82) is 0 Å². The molecule has 0 aliphatic heterocycles. The second kappa shape index (κ2) is 4.64. The molecule has 0 amide bonds. The van der Waals surface area contributed by atoms with Crippen LogP contribution in [0.15, 0.2) is 42.5 Å². The Kier molecular flexibility index (Phi) is 2.78. The molecular weight excluding hydrogens is 246 g/mol. The van der Waals surface area contributed by atoms with Gasteiger partial charge in [0.05, 0.1) is 6.61 Å². The molecule has 2 heteroatoms. The highest BCUT2D eigenvalue weighted by Crippen LogP contribution is 2.36. The molecule has 0 fully saturated rings. The van der Waals surface area contributed by atoms with Gasteiger partial charge in [-0.1, -0.05) is 30.3 Å². The third-order valence-electron chi connectivity index (χ3n) is 4.65. The first-order valence-electron chi connectivity index (χ1n) is 7.40. The van der Waals surface area contributed by atoms with Gasteiger partial charge in [0, 0.05) is 12.0 Å². The predicted octanol–water partition coefficient (Wildman–Crippen LogP) is 3.35. The van der Waals surface area contributed by atoms with Gasteiger partial charge >= 0.3 is 0 Å². The Hall–Kier alpha value is -1.80. The molecule has 2 aliphatic carbocycles. The molecule has 4 rings (SSSR count). The molecule has 2 N–H and O–H groups in total. The summed E-state index contributed by atoms with van der Waals surface area (Å²) in [7, 11) is 0. The van der Waals surface area contributed by atoms with E-state index in [0.717, 1.165) is 31.6 Å². The highest BCUT2D eigenvalue weighted by Gasteiger charge is 2.26. The SMILES string of the molecule is N[C@H]1CCc2cc(OCC3Cc4ccccc43)ccc21. The van der Waals surface area contributed by atoms with Gasteiger partial charge in [-0.15, -0.1) is 0 Å². The number of aryl methyl sites for hydroxylation is 1. The maximum atomic E-state index is 6.06. The molecule has 20 heavy (non-hydrogen) atoms. The molecule has 2 aromatic rings. The average molecular weight is 265 g/mol. The van der Waals surface area contributed by atoms with E-state index in [1.807, 2.05) is 0 Å². The lowest BCUT2D eigenvalue weighted by Crippen LogP contribution is -2.23. The Morgan fingerprint density at radius 3 is 2.85 bits per heavy atom. The molecule has 0 radical (unpaired) electrons. The van der Waals surface area contributed by atoms with Crippen LogP contribution in [0.3, 0.4) is 0 Å². The minimum atomic E-state index is 0.220. The van der Waals surface area contributed by atoms with E-state index in [2.05, 4.69) is 42.5 Å². The Balaban J connectivity index is 1.44. The van der Waals surface area contributed by atoms with E-state index in [1.54, 1.807) is 0 Å². The number of fused-ring (bicyclic) bond motifs is 2. The molecule has 2 aromatic carbocycles. The number of nitrogens with two attached hydrogens (primary N) is 1. The molecule has 0 bridgehead atoms. The summed E-state index contributed by atoms with van der Waals surface area (Å²) >= 11 is 0. The summed E-state index contributed by atoms with van der Waals surface area (Å²) in [4.78, 5) is 0. The van der Waals surface area contributed by atoms with E-state index in [9.17, 15) is 0 Å². The Bertz CT molecular complexity index is 650. The Labute approximate surface area is 119 Å². The molecule has 0 saturated heterocycles. The monoisotopic (exact) mass is 265 g/mol. The van der Waals surface area contributed by atoms with Gasteiger partial charge in [0.25, 0.3) is 0 Å². The lowest BCUT2D eigenvalue weighted by Gasteiger charge is -2.29. The molecule has 0 aromatic heterocycles. The van der Waals surface area contributed by atoms with Gasteiger partial charge in [-0.05, 0) is 53.6 Å². The van der Waals surface area contributed by atoms with E-state index < -0.39 is 0 Å². The number of hydrogen-bond donors (Lipinski definition) is 1. The fourth-order valence-electron chi connectivity index (χ4n) is 3.42. The third kappa shape index (κ3) is 1.92. The summed E-state index contributed by atoms with van der Waals surface area (Å²) in [6, 6.07) is 15.2. The fourth-order valence-corrected chi connectivity index (χ4v) is 3.42. The summed E-state index contributed by atoms with van der Waals surface area (Å²) in [5.74, 6) is 1.55. The topological polar surface area (TPSA) is 35.2 Å². The van der Waals surface area contributed by atoms with Crippen LogP contribution >= 0.6 is 0 Å². The Morgan fingerprint density at radius 2 is 1.95 bits per heavy atom. The van der Waals surface area contributed by atoms with Crippen molar-refractivity contribution >= 4 is 0 Å². The van der Waals surface area contributed by atoms with Gasteiger partial charge in [0.1, 0.15) is 5.75 Å². The van der Waals surface area contributed by atoms with Crippen molar-refractivity contribution in [2.75, 3.05) is 6.61 Å². The molecule has 0 saturated carbocycles. The van der Waals surface area contributed by atoms with E-state index in [-0.39, 0.29) is 6.04 Å². The molecule has 2 nitrogen and oxygen atoms in total. The van der Waals surface area contributed by atoms with Crippen molar-refractivity contribution in [2.45, 2.75) is 31.2 Å². The van der Waals surface area contributed by atoms with Crippen LogP contribution in [-0.2, 0) is 12.8 Å². The first-order chi connectivity index (χ1) is 9.81.